The van der Waals surface area contributed by atoms with E-state index in [9.17, 15) is 9.59 Å². The largest absolute Gasteiger partial charge is 0.476 e. The molecule has 7 heteroatoms. The third-order valence-corrected chi connectivity index (χ3v) is 2.62. The maximum Gasteiger partial charge on any atom is 0.356 e. The van der Waals surface area contributed by atoms with Gasteiger partial charge in [0.05, 0.1) is 18.2 Å². The van der Waals surface area contributed by atoms with Crippen molar-refractivity contribution in [2.75, 3.05) is 18.4 Å². The van der Waals surface area contributed by atoms with E-state index in [1.165, 1.54) is 17.2 Å². The number of nitriles is 1. The first-order chi connectivity index (χ1) is 9.95. The average molecular weight is 290 g/mol. The Morgan fingerprint density at radius 1 is 1.52 bits per heavy atom. The number of aromatic carboxylic acids is 1. The fourth-order valence-corrected chi connectivity index (χ4v) is 1.77. The van der Waals surface area contributed by atoms with E-state index in [0.29, 0.717) is 13.1 Å². The lowest BCUT2D eigenvalue weighted by Gasteiger charge is -2.24. The first-order valence-electron chi connectivity index (χ1n) is 6.57. The summed E-state index contributed by atoms with van der Waals surface area (Å²) in [6.45, 7) is 4.69. The summed E-state index contributed by atoms with van der Waals surface area (Å²) < 4.78 is 0. The number of anilines is 1. The Bertz CT molecular complexity index is 551. The number of nitrogens with zero attached hydrogens (tertiary/aromatic N) is 3. The minimum absolute atomic E-state index is 0.140. The van der Waals surface area contributed by atoms with Gasteiger partial charge in [-0.3, -0.25) is 0 Å². The molecular weight excluding hydrogens is 272 g/mol. The second-order valence-corrected chi connectivity index (χ2v) is 4.88. The molecule has 0 aromatic carbocycles. The standard InChI is InChI=1S/C14H18N4O3/c1-10(2)9-18(8-4-6-15)14(21)17-11-5-3-7-16-12(11)13(19)20/h3,5,7,10H,4,8-9H2,1-2H3,(H,17,21)(H,19,20). The van der Waals surface area contributed by atoms with E-state index in [1.807, 2.05) is 19.9 Å². The minimum atomic E-state index is -1.21. The topological polar surface area (TPSA) is 106 Å². The number of hydrogen-bond acceptors (Lipinski definition) is 4. The first kappa shape index (κ1) is 16.4. The summed E-state index contributed by atoms with van der Waals surface area (Å²) in [5.41, 5.74) is -0.0728. The van der Waals surface area contributed by atoms with E-state index in [-0.39, 0.29) is 23.7 Å². The SMILES string of the molecule is CC(C)CN(CCC#N)C(=O)Nc1cccnc1C(=O)O. The van der Waals surface area contributed by atoms with Gasteiger partial charge in [-0.1, -0.05) is 13.8 Å². The second-order valence-electron chi connectivity index (χ2n) is 4.88. The Morgan fingerprint density at radius 2 is 2.24 bits per heavy atom. The van der Waals surface area contributed by atoms with E-state index in [0.717, 1.165) is 0 Å². The molecule has 0 atom stereocenters. The molecule has 7 nitrogen and oxygen atoms in total. The van der Waals surface area contributed by atoms with Crippen molar-refractivity contribution in [1.82, 2.24) is 9.88 Å². The Balaban J connectivity index is 2.86. The average Bonchev–Trinajstić information content (AvgIpc) is 2.43. The van der Waals surface area contributed by atoms with E-state index >= 15 is 0 Å². The van der Waals surface area contributed by atoms with Crippen LogP contribution in [-0.2, 0) is 0 Å². The number of carbonyl (C=O) groups is 2. The van der Waals surface area contributed by atoms with Gasteiger partial charge >= 0.3 is 12.0 Å². The number of rotatable bonds is 6. The number of carboxylic acid groups (broad SMARTS) is 1. The summed E-state index contributed by atoms with van der Waals surface area (Å²) >= 11 is 0. The monoisotopic (exact) mass is 290 g/mol. The van der Waals surface area contributed by atoms with Crippen molar-refractivity contribution in [1.29, 1.82) is 5.26 Å². The molecular formula is C14H18N4O3. The molecule has 0 aliphatic rings. The van der Waals surface area contributed by atoms with Crippen LogP contribution >= 0.6 is 0 Å². The molecule has 0 saturated heterocycles. The molecule has 0 saturated carbocycles. The Kier molecular flexibility index (Phi) is 6.14. The van der Waals surface area contributed by atoms with Gasteiger partial charge in [-0.15, -0.1) is 0 Å². The molecule has 1 heterocycles. The molecule has 0 unspecified atom stereocenters. The summed E-state index contributed by atoms with van der Waals surface area (Å²) in [7, 11) is 0. The molecule has 0 spiro atoms. The number of urea groups is 1. The molecule has 0 fully saturated rings. The number of pyridine rings is 1. The van der Waals surface area contributed by atoms with Gasteiger partial charge in [0.25, 0.3) is 0 Å². The molecule has 1 rings (SSSR count). The highest BCUT2D eigenvalue weighted by Crippen LogP contribution is 2.13. The molecule has 0 bridgehead atoms. The van der Waals surface area contributed by atoms with Gasteiger partial charge in [-0.25, -0.2) is 14.6 Å². The van der Waals surface area contributed by atoms with Crippen LogP contribution < -0.4 is 5.32 Å². The van der Waals surface area contributed by atoms with Crippen molar-refractivity contribution in [2.45, 2.75) is 20.3 Å². The Morgan fingerprint density at radius 3 is 2.81 bits per heavy atom. The highest BCUT2D eigenvalue weighted by atomic mass is 16.4. The zero-order valence-electron chi connectivity index (χ0n) is 12.0. The summed E-state index contributed by atoms with van der Waals surface area (Å²) in [6, 6.07) is 4.58. The molecule has 112 valence electrons. The number of amides is 2. The maximum absolute atomic E-state index is 12.2. The van der Waals surface area contributed by atoms with Crippen molar-refractivity contribution in [2.24, 2.45) is 5.92 Å². The van der Waals surface area contributed by atoms with Crippen molar-refractivity contribution in [3.63, 3.8) is 0 Å². The van der Waals surface area contributed by atoms with Crippen LogP contribution in [0.15, 0.2) is 18.3 Å². The molecule has 2 N–H and O–H groups in total. The van der Waals surface area contributed by atoms with Crippen molar-refractivity contribution in [3.05, 3.63) is 24.0 Å². The van der Waals surface area contributed by atoms with Crippen LogP contribution in [0.2, 0.25) is 0 Å². The molecule has 1 aromatic rings. The smallest absolute Gasteiger partial charge is 0.356 e. The quantitative estimate of drug-likeness (QED) is 0.835. The first-order valence-corrected chi connectivity index (χ1v) is 6.57. The third-order valence-electron chi connectivity index (χ3n) is 2.62. The molecule has 0 aliphatic carbocycles. The third kappa shape index (κ3) is 5.10. The highest BCUT2D eigenvalue weighted by Gasteiger charge is 2.18. The molecule has 1 aromatic heterocycles. The zero-order chi connectivity index (χ0) is 15.8. The predicted octanol–water partition coefficient (Wildman–Crippen LogP) is 2.18. The summed E-state index contributed by atoms with van der Waals surface area (Å²) in [5.74, 6) is -0.972. The maximum atomic E-state index is 12.2. The number of hydrogen-bond donors (Lipinski definition) is 2. The normalized spacial score (nSPS) is 10.0. The Labute approximate surface area is 123 Å². The Hall–Kier alpha value is -2.62. The number of aromatic nitrogens is 1. The number of carboxylic acids is 1. The van der Waals surface area contributed by atoms with Crippen molar-refractivity contribution < 1.29 is 14.7 Å². The predicted molar refractivity (Wildman–Crippen MR) is 76.9 cm³/mol. The second kappa shape index (κ2) is 7.85. The van der Waals surface area contributed by atoms with Gasteiger partial charge in [-0.05, 0) is 18.1 Å². The van der Waals surface area contributed by atoms with E-state index < -0.39 is 12.0 Å². The van der Waals surface area contributed by atoms with Gasteiger partial charge in [0.1, 0.15) is 0 Å². The van der Waals surface area contributed by atoms with Crippen LogP contribution in [0, 0.1) is 17.2 Å². The highest BCUT2D eigenvalue weighted by molar-refractivity contribution is 5.98. The summed E-state index contributed by atoms with van der Waals surface area (Å²) in [5, 5.41) is 20.2. The van der Waals surface area contributed by atoms with E-state index in [2.05, 4.69) is 10.3 Å². The van der Waals surface area contributed by atoms with E-state index in [4.69, 9.17) is 10.4 Å². The minimum Gasteiger partial charge on any atom is -0.476 e. The number of carbonyl (C=O) groups excluding carboxylic acids is 1. The van der Waals surface area contributed by atoms with Gasteiger partial charge in [-0.2, -0.15) is 5.26 Å². The van der Waals surface area contributed by atoms with E-state index in [1.54, 1.807) is 6.07 Å². The van der Waals surface area contributed by atoms with Gasteiger partial charge in [0.15, 0.2) is 5.69 Å². The van der Waals surface area contributed by atoms with Crippen LogP contribution in [-0.4, -0.2) is 40.1 Å². The summed E-state index contributed by atoms with van der Waals surface area (Å²) in [6.07, 6.45) is 1.57. The van der Waals surface area contributed by atoms with Gasteiger partial charge in [0, 0.05) is 19.3 Å². The fourth-order valence-electron chi connectivity index (χ4n) is 1.77. The summed E-state index contributed by atoms with van der Waals surface area (Å²) in [4.78, 5) is 28.5. The molecule has 2 amide bonds. The lowest BCUT2D eigenvalue weighted by atomic mass is 10.2. The van der Waals surface area contributed by atoms with Crippen LogP contribution in [0.5, 0.6) is 0 Å². The number of nitrogens with one attached hydrogen (secondary N) is 1. The zero-order valence-corrected chi connectivity index (χ0v) is 12.0. The van der Waals surface area contributed by atoms with Crippen molar-refractivity contribution in [3.8, 4) is 6.07 Å². The lowest BCUT2D eigenvalue weighted by Crippen LogP contribution is -2.38. The fraction of sp³-hybridized carbons (Fsp3) is 0.429. The van der Waals surface area contributed by atoms with Crippen LogP contribution in [0.25, 0.3) is 0 Å². The van der Waals surface area contributed by atoms with Gasteiger partial charge < -0.3 is 15.3 Å². The van der Waals surface area contributed by atoms with Gasteiger partial charge in [0.2, 0.25) is 0 Å². The molecule has 21 heavy (non-hydrogen) atoms. The molecule has 0 aliphatic heterocycles. The van der Waals surface area contributed by atoms with Crippen LogP contribution in [0.1, 0.15) is 30.8 Å². The van der Waals surface area contributed by atoms with Crippen molar-refractivity contribution >= 4 is 17.7 Å². The van der Waals surface area contributed by atoms with Crippen LogP contribution in [0.4, 0.5) is 10.5 Å². The van der Waals surface area contributed by atoms with Crippen LogP contribution in [0.3, 0.4) is 0 Å². The molecule has 0 radical (unpaired) electrons. The lowest BCUT2D eigenvalue weighted by molar-refractivity contribution is 0.0691.